The molecule has 2 N–H and O–H groups in total. The molecule has 2 heteroatoms. The Labute approximate surface area is 91.3 Å². The van der Waals surface area contributed by atoms with Crippen molar-refractivity contribution in [2.75, 3.05) is 6.61 Å². The van der Waals surface area contributed by atoms with Crippen molar-refractivity contribution < 1.29 is 5.11 Å². The van der Waals surface area contributed by atoms with Gasteiger partial charge in [-0.2, -0.15) is 0 Å². The van der Waals surface area contributed by atoms with Gasteiger partial charge in [0, 0.05) is 6.04 Å². The predicted octanol–water partition coefficient (Wildman–Crippen LogP) is 2.11. The molecule has 0 radical (unpaired) electrons. The van der Waals surface area contributed by atoms with Crippen molar-refractivity contribution >= 4 is 0 Å². The number of benzene rings is 1. The first-order valence-electron chi connectivity index (χ1n) is 5.73. The highest BCUT2D eigenvalue weighted by Crippen LogP contribution is 2.33. The summed E-state index contributed by atoms with van der Waals surface area (Å²) in [5, 5.41) is 12.9. The van der Waals surface area contributed by atoms with Crippen molar-refractivity contribution in [2.24, 2.45) is 5.92 Å². The number of nitrogens with one attached hydrogen (secondary N) is 1. The van der Waals surface area contributed by atoms with Gasteiger partial charge in [0.05, 0.1) is 12.6 Å². The Morgan fingerprint density at radius 1 is 1.33 bits per heavy atom. The van der Waals surface area contributed by atoms with Crippen LogP contribution >= 0.6 is 0 Å². The molecule has 82 valence electrons. The standard InChI is InChI=1S/C13H19NO/c1-10(11-7-8-11)14-13(9-15)12-5-3-2-4-6-12/h2-6,10-11,13-15H,7-9H2,1H3/t10?,13-/m0/s1. The summed E-state index contributed by atoms with van der Waals surface area (Å²) in [5.74, 6) is 0.822. The van der Waals surface area contributed by atoms with Gasteiger partial charge in [-0.1, -0.05) is 30.3 Å². The van der Waals surface area contributed by atoms with Crippen LogP contribution in [0, 0.1) is 5.92 Å². The van der Waals surface area contributed by atoms with Crippen molar-refractivity contribution in [3.8, 4) is 0 Å². The zero-order valence-electron chi connectivity index (χ0n) is 9.19. The van der Waals surface area contributed by atoms with Crippen molar-refractivity contribution in [1.82, 2.24) is 5.32 Å². The summed E-state index contributed by atoms with van der Waals surface area (Å²) < 4.78 is 0. The molecule has 1 unspecified atom stereocenters. The third-order valence-corrected chi connectivity index (χ3v) is 3.18. The lowest BCUT2D eigenvalue weighted by Crippen LogP contribution is -2.34. The molecule has 0 spiro atoms. The number of hydrogen-bond acceptors (Lipinski definition) is 2. The molecule has 15 heavy (non-hydrogen) atoms. The van der Waals surface area contributed by atoms with E-state index in [1.54, 1.807) is 0 Å². The quantitative estimate of drug-likeness (QED) is 0.771. The third kappa shape index (κ3) is 2.80. The van der Waals surface area contributed by atoms with E-state index >= 15 is 0 Å². The molecule has 1 saturated carbocycles. The van der Waals surface area contributed by atoms with Gasteiger partial charge >= 0.3 is 0 Å². The second-order valence-electron chi connectivity index (χ2n) is 4.44. The van der Waals surface area contributed by atoms with Crippen molar-refractivity contribution in [1.29, 1.82) is 0 Å². The molecule has 0 aliphatic heterocycles. The minimum Gasteiger partial charge on any atom is -0.394 e. The average molecular weight is 205 g/mol. The Morgan fingerprint density at radius 2 is 2.00 bits per heavy atom. The minimum absolute atomic E-state index is 0.0850. The number of aliphatic hydroxyl groups excluding tert-OH is 1. The van der Waals surface area contributed by atoms with Crippen molar-refractivity contribution in [2.45, 2.75) is 31.8 Å². The Balaban J connectivity index is 1.97. The largest absolute Gasteiger partial charge is 0.394 e. The average Bonchev–Trinajstić information content (AvgIpc) is 3.10. The fraction of sp³-hybridized carbons (Fsp3) is 0.538. The Morgan fingerprint density at radius 3 is 2.53 bits per heavy atom. The zero-order valence-corrected chi connectivity index (χ0v) is 9.19. The second kappa shape index (κ2) is 4.77. The fourth-order valence-corrected chi connectivity index (χ4v) is 1.99. The lowest BCUT2D eigenvalue weighted by molar-refractivity contribution is 0.231. The summed E-state index contributed by atoms with van der Waals surface area (Å²) in [6, 6.07) is 10.8. The lowest BCUT2D eigenvalue weighted by atomic mass is 10.1. The van der Waals surface area contributed by atoms with Gasteiger partial charge in [-0.05, 0) is 31.2 Å². The van der Waals surface area contributed by atoms with E-state index in [1.165, 1.54) is 18.4 Å². The van der Waals surface area contributed by atoms with Crippen molar-refractivity contribution in [3.63, 3.8) is 0 Å². The maximum absolute atomic E-state index is 9.37. The summed E-state index contributed by atoms with van der Waals surface area (Å²) in [5.41, 5.74) is 1.17. The highest BCUT2D eigenvalue weighted by Gasteiger charge is 2.29. The van der Waals surface area contributed by atoms with Crippen LogP contribution in [0.5, 0.6) is 0 Å². The van der Waals surface area contributed by atoms with E-state index in [0.717, 1.165) is 5.92 Å². The molecule has 2 rings (SSSR count). The van der Waals surface area contributed by atoms with Crippen LogP contribution in [0.2, 0.25) is 0 Å². The maximum atomic E-state index is 9.37. The number of aliphatic hydroxyl groups is 1. The molecule has 1 aliphatic carbocycles. The van der Waals surface area contributed by atoms with Crippen LogP contribution < -0.4 is 5.32 Å². The SMILES string of the molecule is CC(N[C@@H](CO)c1ccccc1)C1CC1. The Kier molecular flexibility index (Phi) is 3.39. The second-order valence-corrected chi connectivity index (χ2v) is 4.44. The van der Waals surface area contributed by atoms with E-state index in [2.05, 4.69) is 24.4 Å². The van der Waals surface area contributed by atoms with Crippen LogP contribution in [-0.2, 0) is 0 Å². The molecule has 1 aliphatic rings. The molecule has 2 nitrogen and oxygen atoms in total. The van der Waals surface area contributed by atoms with Crippen LogP contribution in [0.15, 0.2) is 30.3 Å². The monoisotopic (exact) mass is 205 g/mol. The van der Waals surface area contributed by atoms with Gasteiger partial charge in [0.15, 0.2) is 0 Å². The highest BCUT2D eigenvalue weighted by atomic mass is 16.3. The first-order chi connectivity index (χ1) is 7.31. The third-order valence-electron chi connectivity index (χ3n) is 3.18. The topological polar surface area (TPSA) is 32.3 Å². The van der Waals surface area contributed by atoms with Gasteiger partial charge < -0.3 is 10.4 Å². The summed E-state index contributed by atoms with van der Waals surface area (Å²) >= 11 is 0. The predicted molar refractivity (Wildman–Crippen MR) is 61.6 cm³/mol. The van der Waals surface area contributed by atoms with Gasteiger partial charge in [0.2, 0.25) is 0 Å². The molecule has 0 aromatic heterocycles. The fourth-order valence-electron chi connectivity index (χ4n) is 1.99. The minimum atomic E-state index is 0.0850. The van der Waals surface area contributed by atoms with Crippen LogP contribution in [-0.4, -0.2) is 17.8 Å². The first kappa shape index (κ1) is 10.7. The van der Waals surface area contributed by atoms with E-state index in [1.807, 2.05) is 18.2 Å². The van der Waals surface area contributed by atoms with E-state index in [-0.39, 0.29) is 12.6 Å². The highest BCUT2D eigenvalue weighted by molar-refractivity contribution is 5.19. The van der Waals surface area contributed by atoms with Crippen LogP contribution in [0.1, 0.15) is 31.4 Å². The molecule has 0 amide bonds. The van der Waals surface area contributed by atoms with E-state index in [0.29, 0.717) is 6.04 Å². The van der Waals surface area contributed by atoms with Gasteiger partial charge in [0.25, 0.3) is 0 Å². The molecular weight excluding hydrogens is 186 g/mol. The lowest BCUT2D eigenvalue weighted by Gasteiger charge is -2.21. The van der Waals surface area contributed by atoms with Gasteiger partial charge in [-0.3, -0.25) is 0 Å². The molecule has 0 heterocycles. The number of rotatable bonds is 5. The summed E-state index contributed by atoms with van der Waals surface area (Å²) in [4.78, 5) is 0. The van der Waals surface area contributed by atoms with Crippen LogP contribution in [0.25, 0.3) is 0 Å². The molecule has 0 bridgehead atoms. The summed E-state index contributed by atoms with van der Waals surface area (Å²) in [7, 11) is 0. The van der Waals surface area contributed by atoms with E-state index < -0.39 is 0 Å². The van der Waals surface area contributed by atoms with E-state index in [9.17, 15) is 5.11 Å². The van der Waals surface area contributed by atoms with Gasteiger partial charge in [-0.15, -0.1) is 0 Å². The zero-order chi connectivity index (χ0) is 10.7. The van der Waals surface area contributed by atoms with Crippen LogP contribution in [0.4, 0.5) is 0 Å². The van der Waals surface area contributed by atoms with E-state index in [4.69, 9.17) is 0 Å². The number of hydrogen-bond donors (Lipinski definition) is 2. The van der Waals surface area contributed by atoms with Crippen LogP contribution in [0.3, 0.4) is 0 Å². The smallest absolute Gasteiger partial charge is 0.0626 e. The first-order valence-corrected chi connectivity index (χ1v) is 5.73. The summed E-state index contributed by atoms with van der Waals surface area (Å²) in [6.45, 7) is 2.38. The van der Waals surface area contributed by atoms with Gasteiger partial charge in [0.1, 0.15) is 0 Å². The molecular formula is C13H19NO. The van der Waals surface area contributed by atoms with Crippen molar-refractivity contribution in [3.05, 3.63) is 35.9 Å². The Hall–Kier alpha value is -0.860. The summed E-state index contributed by atoms with van der Waals surface area (Å²) in [6.07, 6.45) is 2.67. The maximum Gasteiger partial charge on any atom is 0.0626 e. The molecule has 1 aromatic rings. The molecule has 2 atom stereocenters. The molecule has 1 aromatic carbocycles. The normalized spacial score (nSPS) is 19.9. The Bertz CT molecular complexity index is 295. The molecule has 1 fully saturated rings. The van der Waals surface area contributed by atoms with Gasteiger partial charge in [-0.25, -0.2) is 0 Å². The molecule has 0 saturated heterocycles.